The Morgan fingerprint density at radius 1 is 1.47 bits per heavy atom. The van der Waals surface area contributed by atoms with E-state index in [0.717, 1.165) is 25.1 Å². The highest BCUT2D eigenvalue weighted by molar-refractivity contribution is 5.95. The molecule has 1 aromatic rings. The van der Waals surface area contributed by atoms with Gasteiger partial charge in [0.05, 0.1) is 0 Å². The first-order valence-electron chi connectivity index (χ1n) is 5.63. The fourth-order valence-corrected chi connectivity index (χ4v) is 2.29. The number of para-hydroxylation sites is 1. The van der Waals surface area contributed by atoms with Gasteiger partial charge in [-0.15, -0.1) is 0 Å². The lowest BCUT2D eigenvalue weighted by Gasteiger charge is -2.30. The largest absolute Gasteiger partial charge is 0.312 e. The average Bonchev–Trinajstić information content (AvgIpc) is 2.28. The van der Waals surface area contributed by atoms with Gasteiger partial charge in [0.1, 0.15) is 0 Å². The molecule has 0 unspecified atom stereocenters. The summed E-state index contributed by atoms with van der Waals surface area (Å²) in [6.45, 7) is 4.89. The molecular weight excluding hydrogens is 186 g/mol. The third kappa shape index (κ3) is 1.76. The minimum Gasteiger partial charge on any atom is -0.312 e. The molecule has 2 heteroatoms. The summed E-state index contributed by atoms with van der Waals surface area (Å²) in [6.07, 6.45) is 2.78. The van der Waals surface area contributed by atoms with Crippen molar-refractivity contribution in [1.82, 2.24) is 0 Å². The number of hydrogen-bond acceptors (Lipinski definition) is 1. The van der Waals surface area contributed by atoms with E-state index in [0.29, 0.717) is 6.42 Å². The summed E-state index contributed by atoms with van der Waals surface area (Å²) in [5.41, 5.74) is 3.70. The number of aryl methyl sites for hydroxylation is 2. The van der Waals surface area contributed by atoms with Crippen LogP contribution < -0.4 is 4.90 Å². The van der Waals surface area contributed by atoms with Gasteiger partial charge in [-0.2, -0.15) is 0 Å². The van der Waals surface area contributed by atoms with Crippen LogP contribution in [0, 0.1) is 6.92 Å². The molecule has 0 radical (unpaired) electrons. The minimum atomic E-state index is 0.241. The van der Waals surface area contributed by atoms with E-state index >= 15 is 0 Å². The van der Waals surface area contributed by atoms with E-state index < -0.39 is 0 Å². The maximum absolute atomic E-state index is 11.8. The van der Waals surface area contributed by atoms with Crippen LogP contribution >= 0.6 is 0 Å². The van der Waals surface area contributed by atoms with Crippen molar-refractivity contribution in [1.29, 1.82) is 0 Å². The smallest absolute Gasteiger partial charge is 0.226 e. The van der Waals surface area contributed by atoms with Crippen molar-refractivity contribution in [3.63, 3.8) is 0 Å². The minimum absolute atomic E-state index is 0.241. The van der Waals surface area contributed by atoms with Gasteiger partial charge in [-0.3, -0.25) is 4.79 Å². The maximum Gasteiger partial charge on any atom is 0.226 e. The van der Waals surface area contributed by atoms with Gasteiger partial charge in [-0.05, 0) is 30.9 Å². The molecule has 0 spiro atoms. The van der Waals surface area contributed by atoms with E-state index in [4.69, 9.17) is 0 Å². The summed E-state index contributed by atoms with van der Waals surface area (Å²) in [7, 11) is 0. The van der Waals surface area contributed by atoms with Crippen LogP contribution in [0.5, 0.6) is 0 Å². The van der Waals surface area contributed by atoms with Crippen LogP contribution in [-0.4, -0.2) is 12.5 Å². The second-order valence-electron chi connectivity index (χ2n) is 4.09. The Morgan fingerprint density at radius 3 is 3.00 bits per heavy atom. The van der Waals surface area contributed by atoms with E-state index in [1.165, 1.54) is 11.1 Å². The summed E-state index contributed by atoms with van der Waals surface area (Å²) in [5, 5.41) is 0. The first kappa shape index (κ1) is 10.2. The summed E-state index contributed by atoms with van der Waals surface area (Å²) in [6, 6.07) is 6.30. The fourth-order valence-electron chi connectivity index (χ4n) is 2.29. The number of fused-ring (bicyclic) bond motifs is 1. The molecular formula is C13H17NO. The number of amides is 1. The Bertz CT molecular complexity index is 384. The van der Waals surface area contributed by atoms with Crippen LogP contribution in [0.3, 0.4) is 0 Å². The molecule has 80 valence electrons. The van der Waals surface area contributed by atoms with Crippen molar-refractivity contribution in [3.05, 3.63) is 29.3 Å². The molecule has 1 aliphatic heterocycles. The first-order chi connectivity index (χ1) is 7.24. The van der Waals surface area contributed by atoms with Gasteiger partial charge in [0, 0.05) is 18.7 Å². The van der Waals surface area contributed by atoms with E-state index in [9.17, 15) is 4.79 Å². The molecule has 1 amide bonds. The highest BCUT2D eigenvalue weighted by Gasteiger charge is 2.22. The van der Waals surface area contributed by atoms with Gasteiger partial charge in [0.15, 0.2) is 0 Å². The van der Waals surface area contributed by atoms with Crippen molar-refractivity contribution < 1.29 is 4.79 Å². The molecule has 0 aliphatic carbocycles. The Labute approximate surface area is 90.9 Å². The fraction of sp³-hybridized carbons (Fsp3) is 0.462. The Hall–Kier alpha value is -1.31. The molecule has 0 aromatic heterocycles. The molecule has 2 nitrogen and oxygen atoms in total. The average molecular weight is 203 g/mol. The van der Waals surface area contributed by atoms with Crippen LogP contribution in [-0.2, 0) is 11.2 Å². The third-order valence-electron chi connectivity index (χ3n) is 3.02. The molecule has 0 fully saturated rings. The van der Waals surface area contributed by atoms with E-state index in [-0.39, 0.29) is 5.91 Å². The van der Waals surface area contributed by atoms with Gasteiger partial charge in [0.25, 0.3) is 0 Å². The normalized spacial score (nSPS) is 14.9. The summed E-state index contributed by atoms with van der Waals surface area (Å²) in [4.78, 5) is 13.8. The standard InChI is InChI=1S/C13H17NO/c1-3-12(15)14-9-5-8-11-7-4-6-10(2)13(11)14/h4,6-7H,3,5,8-9H2,1-2H3. The quantitative estimate of drug-likeness (QED) is 0.687. The first-order valence-corrected chi connectivity index (χ1v) is 5.63. The van der Waals surface area contributed by atoms with Gasteiger partial charge in [-0.1, -0.05) is 25.1 Å². The number of anilines is 1. The van der Waals surface area contributed by atoms with Crippen LogP contribution in [0.25, 0.3) is 0 Å². The third-order valence-corrected chi connectivity index (χ3v) is 3.02. The Balaban J connectivity index is 2.45. The monoisotopic (exact) mass is 203 g/mol. The Kier molecular flexibility index (Phi) is 2.76. The van der Waals surface area contributed by atoms with Crippen LogP contribution in [0.2, 0.25) is 0 Å². The molecule has 1 aromatic carbocycles. The predicted molar refractivity (Wildman–Crippen MR) is 62.1 cm³/mol. The number of benzene rings is 1. The zero-order chi connectivity index (χ0) is 10.8. The lowest BCUT2D eigenvalue weighted by Crippen LogP contribution is -2.35. The van der Waals surface area contributed by atoms with Crippen LogP contribution in [0.15, 0.2) is 18.2 Å². The van der Waals surface area contributed by atoms with Gasteiger partial charge < -0.3 is 4.90 Å². The van der Waals surface area contributed by atoms with Crippen LogP contribution in [0.1, 0.15) is 30.9 Å². The Morgan fingerprint density at radius 2 is 2.27 bits per heavy atom. The highest BCUT2D eigenvalue weighted by atomic mass is 16.2. The molecule has 0 N–H and O–H groups in total. The molecule has 1 aliphatic rings. The molecule has 1 heterocycles. The van der Waals surface area contributed by atoms with Crippen molar-refractivity contribution in [3.8, 4) is 0 Å². The predicted octanol–water partition coefficient (Wildman–Crippen LogP) is 2.68. The lowest BCUT2D eigenvalue weighted by atomic mass is 9.98. The van der Waals surface area contributed by atoms with E-state index in [1.54, 1.807) is 0 Å². The lowest BCUT2D eigenvalue weighted by molar-refractivity contribution is -0.118. The summed E-state index contributed by atoms with van der Waals surface area (Å²) in [5.74, 6) is 0.241. The summed E-state index contributed by atoms with van der Waals surface area (Å²) >= 11 is 0. The van der Waals surface area contributed by atoms with Crippen molar-refractivity contribution >= 4 is 11.6 Å². The number of hydrogen-bond donors (Lipinski definition) is 0. The maximum atomic E-state index is 11.8. The van der Waals surface area contributed by atoms with Crippen molar-refractivity contribution in [2.24, 2.45) is 0 Å². The SMILES string of the molecule is CCC(=O)N1CCCc2cccc(C)c21. The number of carbonyl (C=O) groups is 1. The number of rotatable bonds is 1. The second-order valence-corrected chi connectivity index (χ2v) is 4.09. The zero-order valence-electron chi connectivity index (χ0n) is 9.42. The van der Waals surface area contributed by atoms with E-state index in [2.05, 4.69) is 25.1 Å². The van der Waals surface area contributed by atoms with Gasteiger partial charge >= 0.3 is 0 Å². The molecule has 0 bridgehead atoms. The second kappa shape index (κ2) is 4.05. The molecule has 0 atom stereocenters. The summed E-state index contributed by atoms with van der Waals surface area (Å²) < 4.78 is 0. The molecule has 0 saturated heterocycles. The van der Waals surface area contributed by atoms with Crippen LogP contribution in [0.4, 0.5) is 5.69 Å². The molecule has 0 saturated carbocycles. The van der Waals surface area contributed by atoms with Gasteiger partial charge in [0.2, 0.25) is 5.91 Å². The molecule has 15 heavy (non-hydrogen) atoms. The van der Waals surface area contributed by atoms with Crippen molar-refractivity contribution in [2.75, 3.05) is 11.4 Å². The zero-order valence-corrected chi connectivity index (χ0v) is 9.42. The topological polar surface area (TPSA) is 20.3 Å². The van der Waals surface area contributed by atoms with E-state index in [1.807, 2.05) is 11.8 Å². The van der Waals surface area contributed by atoms with Crippen molar-refractivity contribution in [2.45, 2.75) is 33.1 Å². The number of nitrogens with zero attached hydrogens (tertiary/aromatic N) is 1. The number of carbonyl (C=O) groups excluding carboxylic acids is 1. The molecule has 2 rings (SSSR count). The highest BCUT2D eigenvalue weighted by Crippen LogP contribution is 2.30. The van der Waals surface area contributed by atoms with Gasteiger partial charge in [-0.25, -0.2) is 0 Å².